The highest BCUT2D eigenvalue weighted by molar-refractivity contribution is 14.0. The molecule has 2 N–H and O–H groups in total. The van der Waals surface area contributed by atoms with Crippen molar-refractivity contribution in [2.24, 2.45) is 4.99 Å². The minimum Gasteiger partial charge on any atom is -0.379 e. The fourth-order valence-corrected chi connectivity index (χ4v) is 3.73. The van der Waals surface area contributed by atoms with E-state index >= 15 is 0 Å². The summed E-state index contributed by atoms with van der Waals surface area (Å²) in [5.41, 5.74) is 0. The summed E-state index contributed by atoms with van der Waals surface area (Å²) in [7, 11) is 1.85. The lowest BCUT2D eigenvalue weighted by Gasteiger charge is -2.38. The molecule has 142 valence electrons. The molecule has 6 nitrogen and oxygen atoms in total. The van der Waals surface area contributed by atoms with Crippen LogP contribution in [0.25, 0.3) is 0 Å². The molecule has 0 aromatic carbocycles. The van der Waals surface area contributed by atoms with Crippen molar-refractivity contribution in [3.05, 3.63) is 0 Å². The molecule has 2 aliphatic heterocycles. The number of halogens is 1. The summed E-state index contributed by atoms with van der Waals surface area (Å²) in [6.07, 6.45) is 2.61. The van der Waals surface area contributed by atoms with Gasteiger partial charge in [0.15, 0.2) is 5.96 Å². The van der Waals surface area contributed by atoms with Crippen LogP contribution < -0.4 is 10.6 Å². The number of likely N-dealkylation sites (tertiary alicyclic amines) is 1. The molecule has 0 bridgehead atoms. The van der Waals surface area contributed by atoms with Gasteiger partial charge in [0, 0.05) is 44.8 Å². The van der Waals surface area contributed by atoms with Gasteiger partial charge in [0.1, 0.15) is 0 Å². The molecule has 3 atom stereocenters. The van der Waals surface area contributed by atoms with Gasteiger partial charge in [-0.25, -0.2) is 0 Å². The maximum absolute atomic E-state index is 5.52. The Morgan fingerprint density at radius 3 is 2.79 bits per heavy atom. The SMILES string of the molecule is CCN1CCCC1CNC(=NC)NCC(C)N1CCOCC1C.I. The van der Waals surface area contributed by atoms with E-state index in [0.717, 1.165) is 45.4 Å². The van der Waals surface area contributed by atoms with Crippen LogP contribution >= 0.6 is 24.0 Å². The first-order valence-electron chi connectivity index (χ1n) is 9.17. The number of hydrogen-bond donors (Lipinski definition) is 2. The Morgan fingerprint density at radius 1 is 1.33 bits per heavy atom. The number of hydrogen-bond acceptors (Lipinski definition) is 4. The summed E-state index contributed by atoms with van der Waals surface area (Å²) < 4.78 is 5.52. The second kappa shape index (κ2) is 11.5. The van der Waals surface area contributed by atoms with Gasteiger partial charge in [-0.1, -0.05) is 6.92 Å². The average Bonchev–Trinajstić information content (AvgIpc) is 3.02. The molecule has 24 heavy (non-hydrogen) atoms. The zero-order valence-corrected chi connectivity index (χ0v) is 18.1. The molecule has 0 aromatic rings. The number of aliphatic imine (C=N–C) groups is 1. The third kappa shape index (κ3) is 6.31. The lowest BCUT2D eigenvalue weighted by molar-refractivity contribution is -0.0174. The maximum Gasteiger partial charge on any atom is 0.191 e. The first-order valence-corrected chi connectivity index (χ1v) is 9.17. The molecule has 2 fully saturated rings. The Hall–Kier alpha value is -0.120. The van der Waals surface area contributed by atoms with E-state index in [1.807, 2.05) is 7.05 Å². The number of morpholine rings is 1. The largest absolute Gasteiger partial charge is 0.379 e. The minimum absolute atomic E-state index is 0. The molecule has 2 heterocycles. The Morgan fingerprint density at radius 2 is 2.12 bits per heavy atom. The highest BCUT2D eigenvalue weighted by atomic mass is 127. The van der Waals surface area contributed by atoms with Gasteiger partial charge < -0.3 is 15.4 Å². The Bertz CT molecular complexity index is 382. The van der Waals surface area contributed by atoms with E-state index in [0.29, 0.717) is 18.1 Å². The van der Waals surface area contributed by atoms with Crippen molar-refractivity contribution in [1.29, 1.82) is 0 Å². The van der Waals surface area contributed by atoms with Crippen LogP contribution in [0.3, 0.4) is 0 Å². The topological polar surface area (TPSA) is 52.1 Å². The zero-order chi connectivity index (χ0) is 16.7. The van der Waals surface area contributed by atoms with Crippen molar-refractivity contribution >= 4 is 29.9 Å². The molecule has 0 aromatic heterocycles. The molecule has 2 aliphatic rings. The first kappa shape index (κ1) is 21.9. The maximum atomic E-state index is 5.52. The predicted octanol–water partition coefficient (Wildman–Crippen LogP) is 1.36. The van der Waals surface area contributed by atoms with Gasteiger partial charge in [-0.2, -0.15) is 0 Å². The van der Waals surface area contributed by atoms with Crippen LogP contribution in [-0.4, -0.2) is 86.9 Å². The lowest BCUT2D eigenvalue weighted by Crippen LogP contribution is -2.53. The molecule has 0 amide bonds. The molecule has 0 spiro atoms. The summed E-state index contributed by atoms with van der Waals surface area (Å²) in [5, 5.41) is 6.98. The number of nitrogens with zero attached hydrogens (tertiary/aromatic N) is 3. The second-order valence-electron chi connectivity index (χ2n) is 6.77. The van der Waals surface area contributed by atoms with Crippen molar-refractivity contribution < 1.29 is 4.74 Å². The summed E-state index contributed by atoms with van der Waals surface area (Å²) in [6.45, 7) is 13.7. The fourth-order valence-electron chi connectivity index (χ4n) is 3.73. The van der Waals surface area contributed by atoms with Gasteiger partial charge in [0.2, 0.25) is 0 Å². The van der Waals surface area contributed by atoms with Gasteiger partial charge in [-0.3, -0.25) is 14.8 Å². The number of guanidine groups is 1. The summed E-state index contributed by atoms with van der Waals surface area (Å²) in [5.74, 6) is 0.917. The normalized spacial score (nSPS) is 27.6. The van der Waals surface area contributed by atoms with Crippen LogP contribution in [0.15, 0.2) is 4.99 Å². The summed E-state index contributed by atoms with van der Waals surface area (Å²) >= 11 is 0. The van der Waals surface area contributed by atoms with Gasteiger partial charge >= 0.3 is 0 Å². The Kier molecular flexibility index (Phi) is 10.5. The van der Waals surface area contributed by atoms with E-state index in [2.05, 4.69) is 46.2 Å². The molecule has 2 rings (SSSR count). The lowest BCUT2D eigenvalue weighted by atomic mass is 10.2. The second-order valence-corrected chi connectivity index (χ2v) is 6.77. The Labute approximate surface area is 164 Å². The molecule has 0 aliphatic carbocycles. The van der Waals surface area contributed by atoms with Gasteiger partial charge in [-0.05, 0) is 39.8 Å². The molecular weight excluding hydrogens is 417 g/mol. The van der Waals surface area contributed by atoms with E-state index in [4.69, 9.17) is 4.74 Å². The molecular formula is C17H36IN5O. The van der Waals surface area contributed by atoms with E-state index in [-0.39, 0.29) is 24.0 Å². The minimum atomic E-state index is 0. The monoisotopic (exact) mass is 453 g/mol. The van der Waals surface area contributed by atoms with Crippen molar-refractivity contribution in [2.75, 3.05) is 53.0 Å². The van der Waals surface area contributed by atoms with Crippen molar-refractivity contribution in [3.8, 4) is 0 Å². The van der Waals surface area contributed by atoms with Gasteiger partial charge in [0.25, 0.3) is 0 Å². The summed E-state index contributed by atoms with van der Waals surface area (Å²) in [6, 6.07) is 1.62. The predicted molar refractivity (Wildman–Crippen MR) is 111 cm³/mol. The van der Waals surface area contributed by atoms with E-state index < -0.39 is 0 Å². The zero-order valence-electron chi connectivity index (χ0n) is 15.8. The van der Waals surface area contributed by atoms with Crippen molar-refractivity contribution in [3.63, 3.8) is 0 Å². The van der Waals surface area contributed by atoms with Gasteiger partial charge in [0.05, 0.1) is 13.2 Å². The number of likely N-dealkylation sites (N-methyl/N-ethyl adjacent to an activating group) is 1. The average molecular weight is 453 g/mol. The molecule has 0 radical (unpaired) electrons. The van der Waals surface area contributed by atoms with E-state index in [9.17, 15) is 0 Å². The summed E-state index contributed by atoms with van der Waals surface area (Å²) in [4.78, 5) is 9.44. The molecule has 2 saturated heterocycles. The third-order valence-corrected chi connectivity index (χ3v) is 5.18. The number of ether oxygens (including phenoxy) is 1. The van der Waals surface area contributed by atoms with E-state index in [1.54, 1.807) is 0 Å². The van der Waals surface area contributed by atoms with Crippen LogP contribution in [0.1, 0.15) is 33.6 Å². The van der Waals surface area contributed by atoms with Crippen LogP contribution in [0.4, 0.5) is 0 Å². The highest BCUT2D eigenvalue weighted by Gasteiger charge is 2.24. The number of nitrogens with one attached hydrogen (secondary N) is 2. The molecule has 7 heteroatoms. The smallest absolute Gasteiger partial charge is 0.191 e. The first-order chi connectivity index (χ1) is 11.2. The molecule has 3 unspecified atom stereocenters. The molecule has 0 saturated carbocycles. The van der Waals surface area contributed by atoms with Gasteiger partial charge in [-0.15, -0.1) is 24.0 Å². The fraction of sp³-hybridized carbons (Fsp3) is 0.941. The van der Waals surface area contributed by atoms with E-state index in [1.165, 1.54) is 19.4 Å². The van der Waals surface area contributed by atoms with Crippen molar-refractivity contribution in [2.45, 2.75) is 51.7 Å². The quantitative estimate of drug-likeness (QED) is 0.362. The van der Waals surface area contributed by atoms with Crippen LogP contribution in [0, 0.1) is 0 Å². The standard InChI is InChI=1S/C17H35N5O.HI/c1-5-21-8-6-7-16(21)12-20-17(18-4)19-11-14(2)22-9-10-23-13-15(22)3;/h14-16H,5-13H2,1-4H3,(H2,18,19,20);1H. The van der Waals surface area contributed by atoms with Crippen LogP contribution in [0.2, 0.25) is 0 Å². The van der Waals surface area contributed by atoms with Crippen LogP contribution in [-0.2, 0) is 4.74 Å². The highest BCUT2D eigenvalue weighted by Crippen LogP contribution is 2.15. The number of rotatable bonds is 6. The van der Waals surface area contributed by atoms with Crippen LogP contribution in [0.5, 0.6) is 0 Å². The third-order valence-electron chi connectivity index (χ3n) is 5.18. The Balaban J connectivity index is 0.00000288. The van der Waals surface area contributed by atoms with Crippen molar-refractivity contribution in [1.82, 2.24) is 20.4 Å².